The van der Waals surface area contributed by atoms with Gasteiger partial charge in [0.05, 0.1) is 16.3 Å². The number of aromatic carboxylic acids is 1. The van der Waals surface area contributed by atoms with Crippen molar-refractivity contribution in [2.45, 2.75) is 19.8 Å². The van der Waals surface area contributed by atoms with Gasteiger partial charge in [-0.05, 0) is 18.6 Å². The lowest BCUT2D eigenvalue weighted by molar-refractivity contribution is 0.0661. The van der Waals surface area contributed by atoms with Gasteiger partial charge in [-0.3, -0.25) is 0 Å². The summed E-state index contributed by atoms with van der Waals surface area (Å²) in [5, 5.41) is 8.63. The summed E-state index contributed by atoms with van der Waals surface area (Å²) in [7, 11) is 0. The standard InChI is InChI=1S/C13H10ClF2NO3/c1-2-3-10-11(13(18)19)20-12(17-10)6-4-9(16)7(14)5-8(6)15/h4-5H,2-3H2,1H3,(H,18,19). The minimum atomic E-state index is -1.30. The largest absolute Gasteiger partial charge is 0.475 e. The van der Waals surface area contributed by atoms with Crippen LogP contribution in [0.15, 0.2) is 16.5 Å². The molecule has 0 atom stereocenters. The molecule has 2 aromatic rings. The highest BCUT2D eigenvalue weighted by Gasteiger charge is 2.22. The number of carbonyl (C=O) groups is 1. The Hall–Kier alpha value is -1.95. The first-order valence-corrected chi connectivity index (χ1v) is 6.19. The maximum atomic E-state index is 13.7. The van der Waals surface area contributed by atoms with E-state index in [1.54, 1.807) is 0 Å². The van der Waals surface area contributed by atoms with E-state index in [9.17, 15) is 13.6 Å². The molecule has 20 heavy (non-hydrogen) atoms. The molecule has 1 aromatic carbocycles. The molecular weight excluding hydrogens is 292 g/mol. The fourth-order valence-corrected chi connectivity index (χ4v) is 1.88. The Bertz CT molecular complexity index is 670. The lowest BCUT2D eigenvalue weighted by Gasteiger charge is -2.00. The Balaban J connectivity index is 2.56. The number of hydrogen-bond acceptors (Lipinski definition) is 3. The van der Waals surface area contributed by atoms with E-state index in [1.807, 2.05) is 6.92 Å². The number of rotatable bonds is 4. The molecule has 4 nitrogen and oxygen atoms in total. The molecule has 0 unspecified atom stereocenters. The highest BCUT2D eigenvalue weighted by molar-refractivity contribution is 6.30. The fourth-order valence-electron chi connectivity index (χ4n) is 1.73. The van der Waals surface area contributed by atoms with Crippen molar-refractivity contribution in [1.82, 2.24) is 4.98 Å². The van der Waals surface area contributed by atoms with Crippen LogP contribution in [-0.2, 0) is 6.42 Å². The van der Waals surface area contributed by atoms with Crippen LogP contribution in [0.3, 0.4) is 0 Å². The first kappa shape index (κ1) is 14.5. The quantitative estimate of drug-likeness (QED) is 0.869. The highest BCUT2D eigenvalue weighted by Crippen LogP contribution is 2.29. The van der Waals surface area contributed by atoms with E-state index in [-0.39, 0.29) is 27.9 Å². The Kier molecular flexibility index (Phi) is 4.04. The molecule has 0 radical (unpaired) electrons. The van der Waals surface area contributed by atoms with Gasteiger partial charge in [0.25, 0.3) is 0 Å². The molecule has 0 aliphatic heterocycles. The monoisotopic (exact) mass is 301 g/mol. The smallest absolute Gasteiger partial charge is 0.373 e. The Labute approximate surface area is 118 Å². The van der Waals surface area contributed by atoms with E-state index >= 15 is 0 Å². The number of nitrogens with zero attached hydrogens (tertiary/aromatic N) is 1. The SMILES string of the molecule is CCCc1nc(-c2cc(F)c(Cl)cc2F)oc1C(=O)O. The van der Waals surface area contributed by atoms with Gasteiger partial charge in [0.1, 0.15) is 11.6 Å². The van der Waals surface area contributed by atoms with Gasteiger partial charge in [0, 0.05) is 0 Å². The van der Waals surface area contributed by atoms with E-state index < -0.39 is 17.6 Å². The van der Waals surface area contributed by atoms with Gasteiger partial charge in [-0.1, -0.05) is 24.9 Å². The van der Waals surface area contributed by atoms with Gasteiger partial charge in [0.15, 0.2) is 0 Å². The molecule has 1 aromatic heterocycles. The first-order valence-electron chi connectivity index (χ1n) is 5.82. The third kappa shape index (κ3) is 2.65. The molecule has 0 bridgehead atoms. The number of oxazole rings is 1. The van der Waals surface area contributed by atoms with Crippen molar-refractivity contribution in [2.75, 3.05) is 0 Å². The number of aromatic nitrogens is 1. The number of halogens is 3. The second-order valence-corrected chi connectivity index (χ2v) is 4.50. The molecule has 1 N–H and O–H groups in total. The van der Waals surface area contributed by atoms with Crippen LogP contribution in [0, 0.1) is 11.6 Å². The number of carboxylic acid groups (broad SMARTS) is 1. The van der Waals surface area contributed by atoms with Crippen LogP contribution >= 0.6 is 11.6 Å². The molecule has 106 valence electrons. The van der Waals surface area contributed by atoms with Crippen LogP contribution < -0.4 is 0 Å². The number of carboxylic acids is 1. The summed E-state index contributed by atoms with van der Waals surface area (Å²) >= 11 is 5.45. The molecule has 0 spiro atoms. The number of aryl methyl sites for hydroxylation is 1. The van der Waals surface area contributed by atoms with Gasteiger partial charge in [-0.25, -0.2) is 18.6 Å². The van der Waals surface area contributed by atoms with E-state index in [1.165, 1.54) is 0 Å². The average Bonchev–Trinajstić information content (AvgIpc) is 2.78. The second-order valence-electron chi connectivity index (χ2n) is 4.10. The molecular formula is C13H10ClF2NO3. The molecule has 0 saturated carbocycles. The molecule has 1 heterocycles. The lowest BCUT2D eigenvalue weighted by Crippen LogP contribution is -1.99. The molecule has 2 rings (SSSR count). The van der Waals surface area contributed by atoms with Gasteiger partial charge >= 0.3 is 5.97 Å². The molecule has 0 amide bonds. The van der Waals surface area contributed by atoms with Gasteiger partial charge < -0.3 is 9.52 Å². The van der Waals surface area contributed by atoms with Crippen LogP contribution in [0.4, 0.5) is 8.78 Å². The van der Waals surface area contributed by atoms with E-state index in [2.05, 4.69) is 4.98 Å². The van der Waals surface area contributed by atoms with Crippen molar-refractivity contribution in [3.05, 3.63) is 40.2 Å². The average molecular weight is 302 g/mol. The number of hydrogen-bond donors (Lipinski definition) is 1. The summed E-state index contributed by atoms with van der Waals surface area (Å²) < 4.78 is 32.2. The van der Waals surface area contributed by atoms with Gasteiger partial charge in [-0.2, -0.15) is 0 Å². The highest BCUT2D eigenvalue weighted by atomic mass is 35.5. The van der Waals surface area contributed by atoms with Gasteiger partial charge in [0.2, 0.25) is 11.7 Å². The van der Waals surface area contributed by atoms with E-state index in [0.717, 1.165) is 12.1 Å². The van der Waals surface area contributed by atoms with Crippen molar-refractivity contribution in [3.63, 3.8) is 0 Å². The van der Waals surface area contributed by atoms with Crippen molar-refractivity contribution in [2.24, 2.45) is 0 Å². The van der Waals surface area contributed by atoms with Crippen molar-refractivity contribution < 1.29 is 23.1 Å². The summed E-state index contributed by atoms with van der Waals surface area (Å²) in [5.41, 5.74) is -0.0680. The second kappa shape index (κ2) is 5.58. The third-order valence-corrected chi connectivity index (χ3v) is 2.91. The van der Waals surface area contributed by atoms with Crippen LogP contribution in [0.1, 0.15) is 29.6 Å². The van der Waals surface area contributed by atoms with Crippen molar-refractivity contribution >= 4 is 17.6 Å². The molecule has 7 heteroatoms. The molecule has 0 aliphatic carbocycles. The zero-order valence-electron chi connectivity index (χ0n) is 10.4. The Morgan fingerprint density at radius 3 is 2.70 bits per heavy atom. The summed E-state index contributed by atoms with van der Waals surface area (Å²) in [4.78, 5) is 15.0. The van der Waals surface area contributed by atoms with Crippen LogP contribution in [-0.4, -0.2) is 16.1 Å². The van der Waals surface area contributed by atoms with Crippen LogP contribution in [0.5, 0.6) is 0 Å². The maximum absolute atomic E-state index is 13.7. The van der Waals surface area contributed by atoms with E-state index in [0.29, 0.717) is 12.8 Å². The summed E-state index contributed by atoms with van der Waals surface area (Å²) in [6.45, 7) is 1.84. The first-order chi connectivity index (χ1) is 9.43. The lowest BCUT2D eigenvalue weighted by atomic mass is 10.2. The minimum absolute atomic E-state index is 0.199. The number of benzene rings is 1. The maximum Gasteiger partial charge on any atom is 0.373 e. The zero-order valence-corrected chi connectivity index (χ0v) is 11.2. The van der Waals surface area contributed by atoms with Crippen LogP contribution in [0.25, 0.3) is 11.5 Å². The minimum Gasteiger partial charge on any atom is -0.475 e. The topological polar surface area (TPSA) is 63.3 Å². The Morgan fingerprint density at radius 2 is 2.10 bits per heavy atom. The predicted molar refractivity (Wildman–Crippen MR) is 67.8 cm³/mol. The van der Waals surface area contributed by atoms with Crippen molar-refractivity contribution in [1.29, 1.82) is 0 Å². The molecule has 0 fully saturated rings. The summed E-state index contributed by atoms with van der Waals surface area (Å²) in [6.07, 6.45) is 1.01. The third-order valence-electron chi connectivity index (χ3n) is 2.62. The van der Waals surface area contributed by atoms with Crippen molar-refractivity contribution in [3.8, 4) is 11.5 Å². The summed E-state index contributed by atoms with van der Waals surface area (Å²) in [6, 6.07) is 1.61. The van der Waals surface area contributed by atoms with Gasteiger partial charge in [-0.15, -0.1) is 0 Å². The molecule has 0 saturated heterocycles. The summed E-state index contributed by atoms with van der Waals surface area (Å²) in [5.74, 6) is -3.62. The fraction of sp³-hybridized carbons (Fsp3) is 0.231. The van der Waals surface area contributed by atoms with Crippen LogP contribution in [0.2, 0.25) is 5.02 Å². The zero-order chi connectivity index (χ0) is 14.9. The van der Waals surface area contributed by atoms with E-state index in [4.69, 9.17) is 21.1 Å². The molecule has 0 aliphatic rings. The normalized spacial score (nSPS) is 10.8. The predicted octanol–water partition coefficient (Wildman–Crippen LogP) is 3.92. The Morgan fingerprint density at radius 1 is 1.40 bits per heavy atom.